The molecule has 0 spiro atoms. The molecule has 1 aliphatic rings. The summed E-state index contributed by atoms with van der Waals surface area (Å²) in [6.45, 7) is 6.17. The Morgan fingerprint density at radius 2 is 1.88 bits per heavy atom. The van der Waals surface area contributed by atoms with Gasteiger partial charge < -0.3 is 10.4 Å². The van der Waals surface area contributed by atoms with Gasteiger partial charge in [-0.2, -0.15) is 0 Å². The molecule has 0 radical (unpaired) electrons. The fourth-order valence-electron chi connectivity index (χ4n) is 2.60. The minimum absolute atomic E-state index is 0.0737. The number of carboxylic acids is 1. The second-order valence-corrected chi connectivity index (χ2v) is 5.25. The summed E-state index contributed by atoms with van der Waals surface area (Å²) in [5.41, 5.74) is 0. The molecule has 2 N–H and O–H groups in total. The third-order valence-electron chi connectivity index (χ3n) is 3.74. The molecular formula is C13H23NO3. The average molecular weight is 241 g/mol. The Labute approximate surface area is 103 Å². The Morgan fingerprint density at radius 1 is 1.29 bits per heavy atom. The molecule has 98 valence electrons. The van der Waals surface area contributed by atoms with Crippen molar-refractivity contribution in [2.75, 3.05) is 0 Å². The predicted molar refractivity (Wildman–Crippen MR) is 65.5 cm³/mol. The van der Waals surface area contributed by atoms with Gasteiger partial charge in [0.25, 0.3) is 0 Å². The maximum absolute atomic E-state index is 12.1. The van der Waals surface area contributed by atoms with E-state index in [0.29, 0.717) is 18.8 Å². The van der Waals surface area contributed by atoms with Crippen molar-refractivity contribution in [3.8, 4) is 0 Å². The van der Waals surface area contributed by atoms with Crippen molar-refractivity contribution in [1.29, 1.82) is 0 Å². The Morgan fingerprint density at radius 3 is 2.35 bits per heavy atom. The lowest BCUT2D eigenvalue weighted by Crippen LogP contribution is -2.43. The number of hydrogen-bond acceptors (Lipinski definition) is 2. The van der Waals surface area contributed by atoms with Gasteiger partial charge in [0.15, 0.2) is 0 Å². The normalized spacial score (nSPS) is 25.9. The molecule has 0 aromatic carbocycles. The first-order chi connectivity index (χ1) is 7.97. The number of nitrogens with one attached hydrogen (secondary N) is 1. The van der Waals surface area contributed by atoms with Crippen molar-refractivity contribution in [3.05, 3.63) is 0 Å². The molecule has 0 aromatic heterocycles. The number of rotatable bonds is 5. The summed E-state index contributed by atoms with van der Waals surface area (Å²) in [5, 5.41) is 12.0. The van der Waals surface area contributed by atoms with E-state index in [1.165, 1.54) is 0 Å². The van der Waals surface area contributed by atoms with Crippen LogP contribution < -0.4 is 5.32 Å². The fraction of sp³-hybridized carbons (Fsp3) is 0.846. The molecule has 4 nitrogen and oxygen atoms in total. The van der Waals surface area contributed by atoms with Crippen molar-refractivity contribution in [2.24, 2.45) is 17.8 Å². The number of aliphatic carboxylic acids is 1. The first kappa shape index (κ1) is 14.0. The van der Waals surface area contributed by atoms with Gasteiger partial charge in [0.1, 0.15) is 0 Å². The first-order valence-corrected chi connectivity index (χ1v) is 6.50. The summed E-state index contributed by atoms with van der Waals surface area (Å²) in [7, 11) is 0. The maximum atomic E-state index is 12.1. The van der Waals surface area contributed by atoms with Crippen LogP contribution in [0.15, 0.2) is 0 Å². The van der Waals surface area contributed by atoms with Crippen LogP contribution in [0.5, 0.6) is 0 Å². The first-order valence-electron chi connectivity index (χ1n) is 6.50. The monoisotopic (exact) mass is 241 g/mol. The molecule has 1 rings (SSSR count). The van der Waals surface area contributed by atoms with Crippen LogP contribution in [0.2, 0.25) is 0 Å². The SMILES string of the molecule is CCC(NC(=O)[C@@H]1CCC[C@@H]1C(=O)O)C(C)C. The lowest BCUT2D eigenvalue weighted by molar-refractivity contribution is -0.146. The summed E-state index contributed by atoms with van der Waals surface area (Å²) >= 11 is 0. The van der Waals surface area contributed by atoms with Crippen LogP contribution in [0.1, 0.15) is 46.5 Å². The van der Waals surface area contributed by atoms with E-state index in [0.717, 1.165) is 12.8 Å². The van der Waals surface area contributed by atoms with Crippen molar-refractivity contribution in [2.45, 2.75) is 52.5 Å². The Bertz CT molecular complexity index is 288. The van der Waals surface area contributed by atoms with Gasteiger partial charge in [-0.15, -0.1) is 0 Å². The fourth-order valence-corrected chi connectivity index (χ4v) is 2.60. The standard InChI is InChI=1S/C13H23NO3/c1-4-11(8(2)3)14-12(15)9-6-5-7-10(9)13(16)17/h8-11H,4-7H2,1-3H3,(H,14,15)(H,16,17)/t9-,10+,11?/m1/s1. The van der Waals surface area contributed by atoms with Crippen LogP contribution in [0.4, 0.5) is 0 Å². The smallest absolute Gasteiger partial charge is 0.307 e. The minimum atomic E-state index is -0.833. The molecule has 1 saturated carbocycles. The van der Waals surface area contributed by atoms with E-state index < -0.39 is 11.9 Å². The second-order valence-electron chi connectivity index (χ2n) is 5.25. The van der Waals surface area contributed by atoms with E-state index in [-0.39, 0.29) is 17.9 Å². The molecular weight excluding hydrogens is 218 g/mol. The number of carboxylic acid groups (broad SMARTS) is 1. The lowest BCUT2D eigenvalue weighted by atomic mass is 9.93. The highest BCUT2D eigenvalue weighted by Gasteiger charge is 2.38. The molecule has 0 heterocycles. The zero-order chi connectivity index (χ0) is 13.0. The van der Waals surface area contributed by atoms with Crippen LogP contribution in [0, 0.1) is 17.8 Å². The highest BCUT2D eigenvalue weighted by Crippen LogP contribution is 2.32. The maximum Gasteiger partial charge on any atom is 0.307 e. The molecule has 1 unspecified atom stereocenters. The Hall–Kier alpha value is -1.06. The van der Waals surface area contributed by atoms with Crippen molar-refractivity contribution < 1.29 is 14.7 Å². The Kier molecular flexibility index (Phi) is 4.97. The van der Waals surface area contributed by atoms with E-state index in [1.807, 2.05) is 6.92 Å². The van der Waals surface area contributed by atoms with Gasteiger partial charge in [-0.05, 0) is 25.2 Å². The van der Waals surface area contributed by atoms with Gasteiger partial charge in [0.2, 0.25) is 5.91 Å². The predicted octanol–water partition coefficient (Wildman–Crippen LogP) is 2.04. The van der Waals surface area contributed by atoms with Crippen LogP contribution in [0.3, 0.4) is 0 Å². The van der Waals surface area contributed by atoms with E-state index in [1.54, 1.807) is 0 Å². The third-order valence-corrected chi connectivity index (χ3v) is 3.74. The number of carbonyl (C=O) groups is 2. The number of amides is 1. The van der Waals surface area contributed by atoms with Gasteiger partial charge in [-0.3, -0.25) is 9.59 Å². The van der Waals surface area contributed by atoms with Crippen molar-refractivity contribution in [3.63, 3.8) is 0 Å². The van der Waals surface area contributed by atoms with Gasteiger partial charge in [0.05, 0.1) is 11.8 Å². The van der Waals surface area contributed by atoms with Gasteiger partial charge in [0, 0.05) is 6.04 Å². The molecule has 3 atom stereocenters. The highest BCUT2D eigenvalue weighted by atomic mass is 16.4. The van der Waals surface area contributed by atoms with Crippen molar-refractivity contribution >= 4 is 11.9 Å². The molecule has 0 aliphatic heterocycles. The van der Waals surface area contributed by atoms with E-state index in [2.05, 4.69) is 19.2 Å². The molecule has 17 heavy (non-hydrogen) atoms. The molecule has 0 saturated heterocycles. The van der Waals surface area contributed by atoms with Crippen LogP contribution in [-0.4, -0.2) is 23.0 Å². The second kappa shape index (κ2) is 6.03. The average Bonchev–Trinajstić information content (AvgIpc) is 2.73. The van der Waals surface area contributed by atoms with E-state index >= 15 is 0 Å². The van der Waals surface area contributed by atoms with E-state index in [9.17, 15) is 9.59 Å². The largest absolute Gasteiger partial charge is 0.481 e. The molecule has 1 aliphatic carbocycles. The minimum Gasteiger partial charge on any atom is -0.481 e. The zero-order valence-electron chi connectivity index (χ0n) is 10.9. The third kappa shape index (κ3) is 3.45. The summed E-state index contributed by atoms with van der Waals surface area (Å²) in [5.74, 6) is -1.34. The summed E-state index contributed by atoms with van der Waals surface area (Å²) in [4.78, 5) is 23.1. The van der Waals surface area contributed by atoms with Crippen LogP contribution in [0.25, 0.3) is 0 Å². The topological polar surface area (TPSA) is 66.4 Å². The highest BCUT2D eigenvalue weighted by molar-refractivity contribution is 5.85. The number of hydrogen-bond donors (Lipinski definition) is 2. The lowest BCUT2D eigenvalue weighted by Gasteiger charge is -2.24. The summed E-state index contributed by atoms with van der Waals surface area (Å²) in [6.07, 6.45) is 3.06. The summed E-state index contributed by atoms with van der Waals surface area (Å²) in [6, 6.07) is 0.151. The zero-order valence-corrected chi connectivity index (χ0v) is 10.9. The molecule has 1 amide bonds. The van der Waals surface area contributed by atoms with Gasteiger partial charge in [-0.25, -0.2) is 0 Å². The van der Waals surface area contributed by atoms with Crippen molar-refractivity contribution in [1.82, 2.24) is 5.32 Å². The summed E-state index contributed by atoms with van der Waals surface area (Å²) < 4.78 is 0. The molecule has 0 aromatic rings. The van der Waals surface area contributed by atoms with Gasteiger partial charge >= 0.3 is 5.97 Å². The molecule has 0 bridgehead atoms. The molecule has 4 heteroatoms. The Balaban J connectivity index is 2.60. The van der Waals surface area contributed by atoms with E-state index in [4.69, 9.17) is 5.11 Å². The van der Waals surface area contributed by atoms with Crippen LogP contribution in [-0.2, 0) is 9.59 Å². The van der Waals surface area contributed by atoms with Crippen LogP contribution >= 0.6 is 0 Å². The molecule has 1 fully saturated rings. The number of carbonyl (C=O) groups excluding carboxylic acids is 1. The van der Waals surface area contributed by atoms with Gasteiger partial charge in [-0.1, -0.05) is 27.2 Å². The quantitative estimate of drug-likeness (QED) is 0.774.